The minimum absolute atomic E-state index is 0.144. The SMILES string of the molecule is CC(C)(C)S(=O)N[C@@H]1C[C@@H](O)CC12CCNCC2. The first-order valence-electron chi connectivity index (χ1n) is 6.90. The summed E-state index contributed by atoms with van der Waals surface area (Å²) in [5, 5.41) is 13.3. The Labute approximate surface area is 113 Å². The van der Waals surface area contributed by atoms with Gasteiger partial charge in [-0.3, -0.25) is 0 Å². The Morgan fingerprint density at radius 2 is 1.94 bits per heavy atom. The minimum Gasteiger partial charge on any atom is -0.393 e. The van der Waals surface area contributed by atoms with Gasteiger partial charge in [-0.25, -0.2) is 8.93 Å². The van der Waals surface area contributed by atoms with E-state index in [9.17, 15) is 9.32 Å². The fourth-order valence-electron chi connectivity index (χ4n) is 3.17. The maximum atomic E-state index is 12.3. The summed E-state index contributed by atoms with van der Waals surface area (Å²) in [6.45, 7) is 7.96. The van der Waals surface area contributed by atoms with E-state index >= 15 is 0 Å². The van der Waals surface area contributed by atoms with Gasteiger partial charge in [0.15, 0.2) is 0 Å². The smallest absolute Gasteiger partial charge is 0.0972 e. The fraction of sp³-hybridized carbons (Fsp3) is 1.00. The molecule has 4 nitrogen and oxygen atoms in total. The Bertz CT molecular complexity index is 321. The molecule has 1 saturated heterocycles. The van der Waals surface area contributed by atoms with E-state index in [1.54, 1.807) is 0 Å². The van der Waals surface area contributed by atoms with Gasteiger partial charge in [0, 0.05) is 6.04 Å². The second-order valence-electron chi connectivity index (χ2n) is 6.76. The lowest BCUT2D eigenvalue weighted by molar-refractivity contribution is 0.133. The number of rotatable bonds is 2. The predicted molar refractivity (Wildman–Crippen MR) is 74.6 cm³/mol. The monoisotopic (exact) mass is 274 g/mol. The second-order valence-corrected chi connectivity index (χ2v) is 8.76. The molecule has 3 N–H and O–H groups in total. The van der Waals surface area contributed by atoms with Gasteiger partial charge in [-0.15, -0.1) is 0 Å². The summed E-state index contributed by atoms with van der Waals surface area (Å²) in [7, 11) is -1.05. The lowest BCUT2D eigenvalue weighted by Gasteiger charge is -2.40. The van der Waals surface area contributed by atoms with Crippen LogP contribution in [0.2, 0.25) is 0 Å². The molecule has 0 aromatic rings. The summed E-state index contributed by atoms with van der Waals surface area (Å²) >= 11 is 0. The minimum atomic E-state index is -1.05. The molecule has 5 heteroatoms. The highest BCUT2D eigenvalue weighted by Gasteiger charge is 2.48. The van der Waals surface area contributed by atoms with Gasteiger partial charge in [0.2, 0.25) is 0 Å². The molecule has 1 heterocycles. The lowest BCUT2D eigenvalue weighted by Crippen LogP contribution is -2.50. The molecule has 18 heavy (non-hydrogen) atoms. The zero-order valence-electron chi connectivity index (χ0n) is 11.7. The van der Waals surface area contributed by atoms with Crippen molar-refractivity contribution in [3.8, 4) is 0 Å². The van der Waals surface area contributed by atoms with Gasteiger partial charge >= 0.3 is 0 Å². The third-order valence-corrected chi connectivity index (χ3v) is 5.90. The molecule has 2 rings (SSSR count). The van der Waals surface area contributed by atoms with Crippen LogP contribution in [0.4, 0.5) is 0 Å². The van der Waals surface area contributed by atoms with Crippen LogP contribution in [-0.2, 0) is 11.0 Å². The zero-order chi connectivity index (χ0) is 13.4. The molecule has 2 aliphatic rings. The average molecular weight is 274 g/mol. The van der Waals surface area contributed by atoms with E-state index in [0.29, 0.717) is 0 Å². The van der Waals surface area contributed by atoms with Crippen LogP contribution in [-0.4, -0.2) is 39.3 Å². The van der Waals surface area contributed by atoms with Gasteiger partial charge < -0.3 is 10.4 Å². The molecular weight excluding hydrogens is 248 g/mol. The van der Waals surface area contributed by atoms with Crippen molar-refractivity contribution in [3.63, 3.8) is 0 Å². The Balaban J connectivity index is 2.08. The van der Waals surface area contributed by atoms with Crippen LogP contribution < -0.4 is 10.0 Å². The topological polar surface area (TPSA) is 61.4 Å². The van der Waals surface area contributed by atoms with Gasteiger partial charge in [-0.1, -0.05) is 0 Å². The van der Waals surface area contributed by atoms with Crippen LogP contribution >= 0.6 is 0 Å². The van der Waals surface area contributed by atoms with Crippen molar-refractivity contribution in [2.75, 3.05) is 13.1 Å². The number of hydrogen-bond donors (Lipinski definition) is 3. The van der Waals surface area contributed by atoms with Crippen molar-refractivity contribution in [1.29, 1.82) is 0 Å². The Morgan fingerprint density at radius 3 is 2.50 bits per heavy atom. The summed E-state index contributed by atoms with van der Waals surface area (Å²) in [6, 6.07) is 0.189. The van der Waals surface area contributed by atoms with Crippen LogP contribution in [0.15, 0.2) is 0 Å². The highest BCUT2D eigenvalue weighted by atomic mass is 32.2. The average Bonchev–Trinajstić information content (AvgIpc) is 2.54. The molecule has 106 valence electrons. The number of hydrogen-bond acceptors (Lipinski definition) is 3. The number of aliphatic hydroxyl groups is 1. The zero-order valence-corrected chi connectivity index (χ0v) is 12.5. The fourth-order valence-corrected chi connectivity index (χ4v) is 4.13. The normalized spacial score (nSPS) is 33.8. The summed E-state index contributed by atoms with van der Waals surface area (Å²) < 4.78 is 15.3. The molecule has 0 bridgehead atoms. The maximum absolute atomic E-state index is 12.3. The molecule has 0 aromatic carbocycles. The van der Waals surface area contributed by atoms with Crippen LogP contribution in [0.5, 0.6) is 0 Å². The summed E-state index contributed by atoms with van der Waals surface area (Å²) in [5.41, 5.74) is 0.144. The lowest BCUT2D eigenvalue weighted by atomic mass is 9.75. The third-order valence-electron chi connectivity index (χ3n) is 4.29. The molecule has 1 aliphatic heterocycles. The Kier molecular flexibility index (Phi) is 4.17. The van der Waals surface area contributed by atoms with E-state index < -0.39 is 11.0 Å². The van der Waals surface area contributed by atoms with Gasteiger partial charge in [0.25, 0.3) is 0 Å². The van der Waals surface area contributed by atoms with Crippen molar-refractivity contribution in [2.24, 2.45) is 5.41 Å². The Hall–Kier alpha value is 0.0300. The first kappa shape index (κ1) is 14.4. The molecule has 1 unspecified atom stereocenters. The van der Waals surface area contributed by atoms with Crippen LogP contribution in [0, 0.1) is 5.41 Å². The van der Waals surface area contributed by atoms with Crippen molar-refractivity contribution >= 4 is 11.0 Å². The van der Waals surface area contributed by atoms with Crippen LogP contribution in [0.25, 0.3) is 0 Å². The summed E-state index contributed by atoms with van der Waals surface area (Å²) in [5.74, 6) is 0. The Morgan fingerprint density at radius 1 is 1.33 bits per heavy atom. The van der Waals surface area contributed by atoms with Crippen molar-refractivity contribution in [3.05, 3.63) is 0 Å². The molecule has 3 atom stereocenters. The van der Waals surface area contributed by atoms with E-state index in [1.807, 2.05) is 20.8 Å². The highest BCUT2D eigenvalue weighted by molar-refractivity contribution is 7.84. The molecule has 0 aromatic heterocycles. The van der Waals surface area contributed by atoms with Gasteiger partial charge in [0.1, 0.15) is 0 Å². The molecule has 2 fully saturated rings. The standard InChI is InChI=1S/C13H26N2O2S/c1-12(2,3)18(17)15-11-8-10(16)9-13(11)4-6-14-7-5-13/h10-11,14-16H,4-9H2,1-3H3/t10-,11-,18?/m1/s1. The molecular formula is C13H26N2O2S. The van der Waals surface area contributed by atoms with Crippen LogP contribution in [0.3, 0.4) is 0 Å². The van der Waals surface area contributed by atoms with Gasteiger partial charge in [-0.2, -0.15) is 0 Å². The summed E-state index contributed by atoms with van der Waals surface area (Å²) in [6.07, 6.45) is 3.50. The second kappa shape index (κ2) is 5.19. The molecule has 1 spiro atoms. The number of piperidine rings is 1. The van der Waals surface area contributed by atoms with Gasteiger partial charge in [-0.05, 0) is 65.0 Å². The number of nitrogens with one attached hydrogen (secondary N) is 2. The van der Waals surface area contributed by atoms with Crippen molar-refractivity contribution in [2.45, 2.75) is 63.3 Å². The molecule has 1 saturated carbocycles. The molecule has 0 radical (unpaired) electrons. The van der Waals surface area contributed by atoms with E-state index in [0.717, 1.165) is 38.8 Å². The van der Waals surface area contributed by atoms with Crippen molar-refractivity contribution in [1.82, 2.24) is 10.0 Å². The summed E-state index contributed by atoms with van der Waals surface area (Å²) in [4.78, 5) is 0. The molecule has 0 amide bonds. The first-order valence-corrected chi connectivity index (χ1v) is 8.05. The van der Waals surface area contributed by atoms with E-state index in [1.165, 1.54) is 0 Å². The third kappa shape index (κ3) is 2.95. The molecule has 1 aliphatic carbocycles. The first-order chi connectivity index (χ1) is 8.33. The van der Waals surface area contributed by atoms with E-state index in [2.05, 4.69) is 10.0 Å². The highest BCUT2D eigenvalue weighted by Crippen LogP contribution is 2.45. The quantitative estimate of drug-likeness (QED) is 0.702. The van der Waals surface area contributed by atoms with E-state index in [-0.39, 0.29) is 22.3 Å². The van der Waals surface area contributed by atoms with Crippen molar-refractivity contribution < 1.29 is 9.32 Å². The largest absolute Gasteiger partial charge is 0.393 e. The predicted octanol–water partition coefficient (Wildman–Crippen LogP) is 0.931. The van der Waals surface area contributed by atoms with Gasteiger partial charge in [0.05, 0.1) is 21.8 Å². The van der Waals surface area contributed by atoms with Crippen LogP contribution in [0.1, 0.15) is 46.5 Å². The number of aliphatic hydroxyl groups excluding tert-OH is 1. The maximum Gasteiger partial charge on any atom is 0.0972 e. The van der Waals surface area contributed by atoms with E-state index in [4.69, 9.17) is 0 Å².